The summed E-state index contributed by atoms with van der Waals surface area (Å²) < 4.78 is 0. The highest BCUT2D eigenvalue weighted by Gasteiger charge is 2.08. The van der Waals surface area contributed by atoms with Crippen LogP contribution < -0.4 is 4.90 Å². The van der Waals surface area contributed by atoms with E-state index in [-0.39, 0.29) is 0 Å². The number of hydrogen-bond donors (Lipinski definition) is 2. The van der Waals surface area contributed by atoms with Crippen LogP contribution in [0.2, 0.25) is 0 Å². The minimum Gasteiger partial charge on any atom is -0.392 e. The maximum atomic E-state index is 9.42. The van der Waals surface area contributed by atoms with Crippen molar-refractivity contribution in [2.24, 2.45) is 0 Å². The summed E-state index contributed by atoms with van der Waals surface area (Å²) in [7, 11) is 1.86. The van der Waals surface area contributed by atoms with Gasteiger partial charge in [-0.25, -0.2) is 4.98 Å². The van der Waals surface area contributed by atoms with Crippen molar-refractivity contribution in [3.8, 4) is 0 Å². The molecule has 2 atom stereocenters. The van der Waals surface area contributed by atoms with Crippen molar-refractivity contribution in [1.82, 2.24) is 4.98 Å². The van der Waals surface area contributed by atoms with E-state index in [0.29, 0.717) is 6.54 Å². The molecule has 1 rings (SSSR count). The van der Waals surface area contributed by atoms with E-state index in [4.69, 9.17) is 0 Å². The molecule has 1 aromatic heterocycles. The number of aliphatic hydroxyl groups excluding tert-OH is 2. The Morgan fingerprint density at radius 1 is 1.40 bits per heavy atom. The van der Waals surface area contributed by atoms with Gasteiger partial charge in [-0.3, -0.25) is 0 Å². The molecule has 0 bridgehead atoms. The third-order valence-corrected chi connectivity index (χ3v) is 2.18. The van der Waals surface area contributed by atoms with E-state index in [9.17, 15) is 10.2 Å². The molecule has 0 amide bonds. The van der Waals surface area contributed by atoms with Gasteiger partial charge in [0, 0.05) is 19.8 Å². The maximum Gasteiger partial charge on any atom is 0.128 e. The summed E-state index contributed by atoms with van der Waals surface area (Å²) in [6.45, 7) is 3.97. The number of aromatic nitrogens is 1. The zero-order valence-corrected chi connectivity index (χ0v) is 9.38. The highest BCUT2D eigenvalue weighted by molar-refractivity contribution is 5.40. The van der Waals surface area contributed by atoms with Gasteiger partial charge >= 0.3 is 0 Å². The highest BCUT2D eigenvalue weighted by Crippen LogP contribution is 2.16. The number of aliphatic hydroxyl groups is 2. The molecule has 1 heterocycles. The van der Waals surface area contributed by atoms with Crippen molar-refractivity contribution in [2.75, 3.05) is 18.5 Å². The van der Waals surface area contributed by atoms with Gasteiger partial charge in [0.1, 0.15) is 5.82 Å². The van der Waals surface area contributed by atoms with Crippen LogP contribution in [0.25, 0.3) is 0 Å². The van der Waals surface area contributed by atoms with Crippen LogP contribution in [0.4, 0.5) is 5.82 Å². The fourth-order valence-electron chi connectivity index (χ4n) is 1.39. The molecule has 0 spiro atoms. The largest absolute Gasteiger partial charge is 0.392 e. The lowest BCUT2D eigenvalue weighted by Gasteiger charge is -2.20. The van der Waals surface area contributed by atoms with Gasteiger partial charge in [-0.15, -0.1) is 0 Å². The molecular formula is C11H18N2O2. The first-order valence-corrected chi connectivity index (χ1v) is 5.04. The molecule has 0 saturated heterocycles. The quantitative estimate of drug-likeness (QED) is 0.777. The van der Waals surface area contributed by atoms with Crippen molar-refractivity contribution in [3.63, 3.8) is 0 Å². The topological polar surface area (TPSA) is 56.6 Å². The number of nitrogens with zero attached hydrogens (tertiary/aromatic N) is 2. The number of rotatable bonds is 4. The summed E-state index contributed by atoms with van der Waals surface area (Å²) in [5, 5.41) is 18.7. The molecule has 0 radical (unpaired) electrons. The highest BCUT2D eigenvalue weighted by atomic mass is 16.3. The molecule has 0 aliphatic carbocycles. The summed E-state index contributed by atoms with van der Waals surface area (Å²) in [4.78, 5) is 6.04. The Bertz CT molecular complexity index is 313. The van der Waals surface area contributed by atoms with Gasteiger partial charge in [0.25, 0.3) is 0 Å². The molecule has 2 unspecified atom stereocenters. The Hall–Kier alpha value is -1.13. The first kappa shape index (κ1) is 11.9. The number of likely N-dealkylation sites (N-methyl/N-ethyl adjacent to an activating group) is 1. The summed E-state index contributed by atoms with van der Waals surface area (Å²) >= 11 is 0. The average molecular weight is 210 g/mol. The molecule has 4 nitrogen and oxygen atoms in total. The van der Waals surface area contributed by atoms with E-state index in [1.807, 2.05) is 18.0 Å². The van der Waals surface area contributed by atoms with Crippen LogP contribution in [-0.4, -0.2) is 34.9 Å². The van der Waals surface area contributed by atoms with Gasteiger partial charge < -0.3 is 15.1 Å². The van der Waals surface area contributed by atoms with Crippen molar-refractivity contribution >= 4 is 5.82 Å². The summed E-state index contributed by atoms with van der Waals surface area (Å²) in [5.74, 6) is 0.759. The molecule has 4 heteroatoms. The Morgan fingerprint density at radius 3 is 2.60 bits per heavy atom. The van der Waals surface area contributed by atoms with Crippen molar-refractivity contribution in [3.05, 3.63) is 23.9 Å². The molecule has 1 aromatic rings. The van der Waals surface area contributed by atoms with Crippen molar-refractivity contribution in [1.29, 1.82) is 0 Å². The third-order valence-electron chi connectivity index (χ3n) is 2.18. The lowest BCUT2D eigenvalue weighted by Crippen LogP contribution is -2.27. The molecule has 0 aromatic carbocycles. The van der Waals surface area contributed by atoms with Crippen LogP contribution >= 0.6 is 0 Å². The van der Waals surface area contributed by atoms with Crippen LogP contribution in [0.1, 0.15) is 25.5 Å². The fourth-order valence-corrected chi connectivity index (χ4v) is 1.39. The Morgan fingerprint density at radius 2 is 2.07 bits per heavy atom. The molecular weight excluding hydrogens is 192 g/mol. The average Bonchev–Trinajstić information content (AvgIpc) is 2.17. The van der Waals surface area contributed by atoms with Gasteiger partial charge in [0.2, 0.25) is 0 Å². The third kappa shape index (κ3) is 3.49. The molecule has 0 aliphatic rings. The molecule has 0 fully saturated rings. The van der Waals surface area contributed by atoms with Crippen LogP contribution in [0.3, 0.4) is 0 Å². The number of pyridine rings is 1. The summed E-state index contributed by atoms with van der Waals surface area (Å²) in [5.41, 5.74) is 0.831. The van der Waals surface area contributed by atoms with E-state index < -0.39 is 12.2 Å². The van der Waals surface area contributed by atoms with E-state index in [1.165, 1.54) is 0 Å². The molecule has 0 aliphatic heterocycles. The van der Waals surface area contributed by atoms with E-state index >= 15 is 0 Å². The SMILES string of the molecule is CC(O)CN(C)c1cc(C(C)O)ccn1. The van der Waals surface area contributed by atoms with Crippen LogP contribution in [0.5, 0.6) is 0 Å². The predicted molar refractivity (Wildman–Crippen MR) is 59.8 cm³/mol. The standard InChI is InChI=1S/C11H18N2O2/c1-8(14)7-13(3)11-6-10(9(2)15)4-5-12-11/h4-6,8-9,14-15H,7H2,1-3H3. The zero-order valence-electron chi connectivity index (χ0n) is 9.38. The number of hydrogen-bond acceptors (Lipinski definition) is 4. The smallest absolute Gasteiger partial charge is 0.128 e. The van der Waals surface area contributed by atoms with E-state index in [2.05, 4.69) is 4.98 Å². The second kappa shape index (κ2) is 5.09. The molecule has 84 valence electrons. The Balaban J connectivity index is 2.80. The lowest BCUT2D eigenvalue weighted by atomic mass is 10.1. The minimum atomic E-state index is -0.494. The number of anilines is 1. The first-order chi connectivity index (χ1) is 7.00. The maximum absolute atomic E-state index is 9.42. The lowest BCUT2D eigenvalue weighted by molar-refractivity contribution is 0.198. The van der Waals surface area contributed by atoms with Crippen molar-refractivity contribution < 1.29 is 10.2 Å². The van der Waals surface area contributed by atoms with Crippen LogP contribution in [0, 0.1) is 0 Å². The minimum absolute atomic E-state index is 0.396. The van der Waals surface area contributed by atoms with Crippen LogP contribution in [-0.2, 0) is 0 Å². The first-order valence-electron chi connectivity index (χ1n) is 5.04. The Labute approximate surface area is 90.2 Å². The second-order valence-electron chi connectivity index (χ2n) is 3.85. The molecule has 15 heavy (non-hydrogen) atoms. The second-order valence-corrected chi connectivity index (χ2v) is 3.85. The van der Waals surface area contributed by atoms with E-state index in [0.717, 1.165) is 11.4 Å². The monoisotopic (exact) mass is 210 g/mol. The predicted octanol–water partition coefficient (Wildman–Crippen LogP) is 0.952. The Kier molecular flexibility index (Phi) is 4.05. The van der Waals surface area contributed by atoms with Gasteiger partial charge in [-0.2, -0.15) is 0 Å². The molecule has 2 N–H and O–H groups in total. The van der Waals surface area contributed by atoms with E-state index in [1.54, 1.807) is 26.1 Å². The summed E-state index contributed by atoms with van der Waals surface area (Å²) in [6, 6.07) is 3.61. The summed E-state index contributed by atoms with van der Waals surface area (Å²) in [6.07, 6.45) is 0.773. The van der Waals surface area contributed by atoms with Gasteiger partial charge in [0.05, 0.1) is 12.2 Å². The molecule has 0 saturated carbocycles. The van der Waals surface area contributed by atoms with Crippen LogP contribution in [0.15, 0.2) is 18.3 Å². The fraction of sp³-hybridized carbons (Fsp3) is 0.545. The van der Waals surface area contributed by atoms with Gasteiger partial charge in [0.15, 0.2) is 0 Å². The van der Waals surface area contributed by atoms with Gasteiger partial charge in [-0.1, -0.05) is 0 Å². The normalized spacial score (nSPS) is 14.7. The van der Waals surface area contributed by atoms with Crippen molar-refractivity contribution in [2.45, 2.75) is 26.1 Å². The zero-order chi connectivity index (χ0) is 11.4. The van der Waals surface area contributed by atoms with Gasteiger partial charge in [-0.05, 0) is 31.5 Å².